The van der Waals surface area contributed by atoms with Gasteiger partial charge in [-0.15, -0.1) is 0 Å². The Morgan fingerprint density at radius 2 is 2.31 bits per heavy atom. The summed E-state index contributed by atoms with van der Waals surface area (Å²) >= 11 is 0. The van der Waals surface area contributed by atoms with Gasteiger partial charge in [0.1, 0.15) is 5.84 Å². The van der Waals surface area contributed by atoms with Crippen LogP contribution in [0, 0.1) is 0 Å². The first-order valence-electron chi connectivity index (χ1n) is 4.32. The summed E-state index contributed by atoms with van der Waals surface area (Å²) in [7, 11) is 0. The van der Waals surface area contributed by atoms with Gasteiger partial charge in [-0.05, 0) is 24.3 Å². The molecule has 3 heteroatoms. The van der Waals surface area contributed by atoms with E-state index in [1.54, 1.807) is 6.20 Å². The van der Waals surface area contributed by atoms with Crippen molar-refractivity contribution in [3.63, 3.8) is 0 Å². The highest BCUT2D eigenvalue weighted by atomic mass is 15.1. The van der Waals surface area contributed by atoms with E-state index in [9.17, 15) is 0 Å². The maximum atomic E-state index is 4.24. The molecule has 0 saturated carbocycles. The van der Waals surface area contributed by atoms with Crippen LogP contribution in [0.25, 0.3) is 6.08 Å². The largest absolute Gasteiger partial charge is 0.369 e. The molecule has 0 aromatic carbocycles. The lowest BCUT2D eigenvalue weighted by Gasteiger charge is -1.93. The average molecular weight is 173 g/mol. The minimum atomic E-state index is 0.877. The average Bonchev–Trinajstić information content (AvgIpc) is 2.69. The number of rotatable bonds is 2. The lowest BCUT2D eigenvalue weighted by atomic mass is 10.3. The number of hydrogen-bond acceptors (Lipinski definition) is 3. The third-order valence-corrected chi connectivity index (χ3v) is 1.80. The zero-order chi connectivity index (χ0) is 8.93. The summed E-state index contributed by atoms with van der Waals surface area (Å²) < 4.78 is 0. The van der Waals surface area contributed by atoms with E-state index in [2.05, 4.69) is 15.3 Å². The maximum Gasteiger partial charge on any atom is 0.121 e. The first-order valence-corrected chi connectivity index (χ1v) is 4.32. The van der Waals surface area contributed by atoms with Crippen LogP contribution in [-0.2, 0) is 0 Å². The van der Waals surface area contributed by atoms with Crippen molar-refractivity contribution in [3.8, 4) is 0 Å². The molecule has 0 spiro atoms. The smallest absolute Gasteiger partial charge is 0.121 e. The Hall–Kier alpha value is -1.64. The highest BCUT2D eigenvalue weighted by molar-refractivity contribution is 5.97. The Balaban J connectivity index is 2.05. The van der Waals surface area contributed by atoms with Crippen molar-refractivity contribution in [2.45, 2.75) is 0 Å². The van der Waals surface area contributed by atoms with Crippen LogP contribution >= 0.6 is 0 Å². The third-order valence-electron chi connectivity index (χ3n) is 1.80. The molecule has 0 aliphatic carbocycles. The van der Waals surface area contributed by atoms with Gasteiger partial charge in [-0.1, -0.05) is 6.07 Å². The van der Waals surface area contributed by atoms with Crippen LogP contribution in [0.5, 0.6) is 0 Å². The van der Waals surface area contributed by atoms with Gasteiger partial charge in [0, 0.05) is 12.7 Å². The van der Waals surface area contributed by atoms with E-state index in [1.807, 2.05) is 30.4 Å². The normalized spacial score (nSPS) is 15.8. The predicted octanol–water partition coefficient (Wildman–Crippen LogP) is 1.10. The molecule has 13 heavy (non-hydrogen) atoms. The number of amidine groups is 1. The molecule has 2 heterocycles. The molecule has 66 valence electrons. The molecule has 1 aliphatic heterocycles. The summed E-state index contributed by atoms with van der Waals surface area (Å²) in [5, 5.41) is 3.16. The van der Waals surface area contributed by atoms with Crippen molar-refractivity contribution in [1.29, 1.82) is 0 Å². The Morgan fingerprint density at radius 3 is 3.00 bits per heavy atom. The van der Waals surface area contributed by atoms with E-state index in [4.69, 9.17) is 0 Å². The fraction of sp³-hybridized carbons (Fsp3) is 0.200. The van der Waals surface area contributed by atoms with E-state index in [1.165, 1.54) is 0 Å². The van der Waals surface area contributed by atoms with Gasteiger partial charge in [0.15, 0.2) is 0 Å². The summed E-state index contributed by atoms with van der Waals surface area (Å²) in [6.07, 6.45) is 5.69. The monoisotopic (exact) mass is 173 g/mol. The number of hydrogen-bond donors (Lipinski definition) is 1. The lowest BCUT2D eigenvalue weighted by Crippen LogP contribution is -2.15. The maximum absolute atomic E-state index is 4.24. The van der Waals surface area contributed by atoms with Crippen LogP contribution in [-0.4, -0.2) is 23.9 Å². The third kappa shape index (κ3) is 2.15. The fourth-order valence-corrected chi connectivity index (χ4v) is 1.17. The highest BCUT2D eigenvalue weighted by Gasteiger charge is 1.98. The summed E-state index contributed by atoms with van der Waals surface area (Å²) in [5.41, 5.74) is 0.957. The zero-order valence-electron chi connectivity index (χ0n) is 7.27. The van der Waals surface area contributed by atoms with Crippen molar-refractivity contribution in [2.75, 3.05) is 13.1 Å². The van der Waals surface area contributed by atoms with Crippen LogP contribution in [0.3, 0.4) is 0 Å². The first kappa shape index (κ1) is 7.98. The summed E-state index contributed by atoms with van der Waals surface area (Å²) in [6.45, 7) is 1.82. The summed E-state index contributed by atoms with van der Waals surface area (Å²) in [6, 6.07) is 5.84. The lowest BCUT2D eigenvalue weighted by molar-refractivity contribution is 0.961. The van der Waals surface area contributed by atoms with E-state index in [0.29, 0.717) is 0 Å². The number of pyridine rings is 1. The number of aliphatic imine (C=N–C) groups is 1. The molecule has 0 amide bonds. The molecule has 1 N–H and O–H groups in total. The molecule has 3 nitrogen and oxygen atoms in total. The first-order chi connectivity index (χ1) is 6.45. The molecule has 0 bridgehead atoms. The molecule has 1 aromatic heterocycles. The molecule has 0 atom stereocenters. The van der Waals surface area contributed by atoms with Gasteiger partial charge in [-0.25, -0.2) is 0 Å². The molecular formula is C10H11N3. The predicted molar refractivity (Wildman–Crippen MR) is 53.6 cm³/mol. The van der Waals surface area contributed by atoms with Gasteiger partial charge >= 0.3 is 0 Å². The van der Waals surface area contributed by atoms with Crippen LogP contribution in [0.15, 0.2) is 35.5 Å². The minimum absolute atomic E-state index is 0.877. The quantitative estimate of drug-likeness (QED) is 0.727. The zero-order valence-corrected chi connectivity index (χ0v) is 7.27. The molecular weight excluding hydrogens is 162 g/mol. The Bertz CT molecular complexity index is 327. The van der Waals surface area contributed by atoms with E-state index in [0.717, 1.165) is 24.6 Å². The Kier molecular flexibility index (Phi) is 2.36. The number of aromatic nitrogens is 1. The second kappa shape index (κ2) is 3.85. The van der Waals surface area contributed by atoms with Gasteiger partial charge in [-0.3, -0.25) is 9.98 Å². The SMILES string of the molecule is C(=C\c1ccccn1)/C1=NCCN1. The summed E-state index contributed by atoms with van der Waals surface area (Å²) in [5.74, 6) is 0.950. The molecule has 2 rings (SSSR count). The van der Waals surface area contributed by atoms with E-state index < -0.39 is 0 Å². The van der Waals surface area contributed by atoms with Crippen LogP contribution in [0.4, 0.5) is 0 Å². The Labute approximate surface area is 77.2 Å². The van der Waals surface area contributed by atoms with Gasteiger partial charge in [0.25, 0.3) is 0 Å². The van der Waals surface area contributed by atoms with Gasteiger partial charge in [-0.2, -0.15) is 0 Å². The fourth-order valence-electron chi connectivity index (χ4n) is 1.17. The van der Waals surface area contributed by atoms with Crippen molar-refractivity contribution in [3.05, 3.63) is 36.2 Å². The molecule has 1 aromatic rings. The van der Waals surface area contributed by atoms with Crippen molar-refractivity contribution in [2.24, 2.45) is 4.99 Å². The van der Waals surface area contributed by atoms with Gasteiger partial charge < -0.3 is 5.32 Å². The second-order valence-corrected chi connectivity index (χ2v) is 2.78. The topological polar surface area (TPSA) is 37.3 Å². The number of nitrogens with one attached hydrogen (secondary N) is 1. The second-order valence-electron chi connectivity index (χ2n) is 2.78. The molecule has 0 saturated heterocycles. The van der Waals surface area contributed by atoms with Crippen LogP contribution < -0.4 is 5.32 Å². The Morgan fingerprint density at radius 1 is 1.31 bits per heavy atom. The summed E-state index contributed by atoms with van der Waals surface area (Å²) in [4.78, 5) is 8.41. The number of nitrogens with zero attached hydrogens (tertiary/aromatic N) is 2. The van der Waals surface area contributed by atoms with Crippen molar-refractivity contribution in [1.82, 2.24) is 10.3 Å². The highest BCUT2D eigenvalue weighted by Crippen LogP contribution is 1.97. The van der Waals surface area contributed by atoms with Crippen molar-refractivity contribution < 1.29 is 0 Å². The van der Waals surface area contributed by atoms with Crippen LogP contribution in [0.2, 0.25) is 0 Å². The van der Waals surface area contributed by atoms with Gasteiger partial charge in [0.05, 0.1) is 12.2 Å². The minimum Gasteiger partial charge on any atom is -0.369 e. The molecule has 1 aliphatic rings. The standard InChI is InChI=1S/C10H11N3/c1-2-6-11-9(3-1)4-5-10-12-7-8-13-10/h1-6H,7-8H2,(H,12,13)/b5-4+. The van der Waals surface area contributed by atoms with Gasteiger partial charge in [0.2, 0.25) is 0 Å². The van der Waals surface area contributed by atoms with Crippen molar-refractivity contribution >= 4 is 11.9 Å². The van der Waals surface area contributed by atoms with E-state index >= 15 is 0 Å². The molecule has 0 unspecified atom stereocenters. The van der Waals surface area contributed by atoms with Crippen LogP contribution in [0.1, 0.15) is 5.69 Å². The molecule has 0 fully saturated rings. The van der Waals surface area contributed by atoms with E-state index in [-0.39, 0.29) is 0 Å². The molecule has 0 radical (unpaired) electrons.